The van der Waals surface area contributed by atoms with Crippen LogP contribution in [-0.4, -0.2) is 60.8 Å². The number of carbonyl (C=O) groups excluding carboxylic acids is 1. The third-order valence-corrected chi connectivity index (χ3v) is 9.17. The van der Waals surface area contributed by atoms with Crippen LogP contribution in [0.4, 0.5) is 18.3 Å². The number of piperazine rings is 1. The van der Waals surface area contributed by atoms with Gasteiger partial charge in [-0.2, -0.15) is 4.31 Å². The quantitative estimate of drug-likeness (QED) is 0.335. The summed E-state index contributed by atoms with van der Waals surface area (Å²) in [6.07, 6.45) is -2.97. The molecule has 1 aliphatic heterocycles. The summed E-state index contributed by atoms with van der Waals surface area (Å²) in [7, 11) is -4.26. The maximum atomic E-state index is 13.6. The van der Waals surface area contributed by atoms with Crippen molar-refractivity contribution in [3.8, 4) is 5.75 Å². The Bertz CT molecular complexity index is 1400. The standard InChI is InChI=1S/C26H29F3N4O5S2.C2H6/c1-2-3-18-4-6-19(7-5-18)14-30-24(35)23-15-32(25-31-20(16-34)17-39-25)12-13-33(23)40(36,37)22-10-8-21(9-11-22)38-26(27,28)29;1-2/h4-11,17,23,34H,2-3,12-16H2,1H3,(H,30,35);1-2H3/t23-;/m1./s1. The van der Waals surface area contributed by atoms with E-state index in [2.05, 4.69) is 22.0 Å². The first kappa shape index (κ1) is 33.3. The Balaban J connectivity index is 0.00000237. The van der Waals surface area contributed by atoms with Crippen molar-refractivity contribution < 1.29 is 36.2 Å². The van der Waals surface area contributed by atoms with Gasteiger partial charge in [-0.25, -0.2) is 13.4 Å². The van der Waals surface area contributed by atoms with Crippen LogP contribution in [0.15, 0.2) is 58.8 Å². The zero-order valence-corrected chi connectivity index (χ0v) is 25.2. The summed E-state index contributed by atoms with van der Waals surface area (Å²) in [5.74, 6) is -1.08. The molecule has 0 radical (unpaired) electrons. The summed E-state index contributed by atoms with van der Waals surface area (Å²) in [6, 6.07) is 10.5. The number of ether oxygens (including phenoxy) is 1. The first-order valence-electron chi connectivity index (χ1n) is 13.5. The number of aryl methyl sites for hydroxylation is 1. The van der Waals surface area contributed by atoms with Crippen LogP contribution in [0.3, 0.4) is 0 Å². The van der Waals surface area contributed by atoms with Crippen LogP contribution in [-0.2, 0) is 34.4 Å². The van der Waals surface area contributed by atoms with Gasteiger partial charge in [-0.15, -0.1) is 24.5 Å². The van der Waals surface area contributed by atoms with E-state index >= 15 is 0 Å². The van der Waals surface area contributed by atoms with Gasteiger partial charge < -0.3 is 20.1 Å². The molecule has 4 rings (SSSR count). The van der Waals surface area contributed by atoms with Crippen molar-refractivity contribution in [1.29, 1.82) is 0 Å². The molecule has 2 heterocycles. The molecule has 1 aromatic heterocycles. The Labute approximate surface area is 248 Å². The van der Waals surface area contributed by atoms with Crippen molar-refractivity contribution in [2.45, 2.75) is 64.1 Å². The summed E-state index contributed by atoms with van der Waals surface area (Å²) in [4.78, 5) is 19.3. The SMILES string of the molecule is CC.CCCc1ccc(CNC(=O)[C@H]2CN(c3nc(CO)cs3)CCN2S(=O)(=O)c2ccc(OC(F)(F)F)cc2)cc1. The number of aliphatic hydroxyl groups is 1. The highest BCUT2D eigenvalue weighted by Gasteiger charge is 2.41. The van der Waals surface area contributed by atoms with Crippen molar-refractivity contribution >= 4 is 32.4 Å². The molecule has 0 spiro atoms. The van der Waals surface area contributed by atoms with E-state index in [1.165, 1.54) is 16.9 Å². The van der Waals surface area contributed by atoms with Gasteiger partial charge in [-0.05, 0) is 41.8 Å². The van der Waals surface area contributed by atoms with Gasteiger partial charge in [-0.3, -0.25) is 4.79 Å². The zero-order chi connectivity index (χ0) is 30.9. The minimum absolute atomic E-state index is 0.00580. The summed E-state index contributed by atoms with van der Waals surface area (Å²) < 4.78 is 69.7. The third kappa shape index (κ3) is 8.66. The summed E-state index contributed by atoms with van der Waals surface area (Å²) in [5.41, 5.74) is 2.49. The van der Waals surface area contributed by atoms with Gasteiger partial charge in [0.1, 0.15) is 11.8 Å². The molecule has 0 unspecified atom stereocenters. The lowest BCUT2D eigenvalue weighted by Gasteiger charge is -2.39. The second-order valence-electron chi connectivity index (χ2n) is 9.16. The van der Waals surface area contributed by atoms with Crippen molar-refractivity contribution in [3.05, 3.63) is 70.7 Å². The average molecular weight is 629 g/mol. The van der Waals surface area contributed by atoms with E-state index in [1.54, 1.807) is 10.3 Å². The number of nitrogens with zero attached hydrogens (tertiary/aromatic N) is 3. The van der Waals surface area contributed by atoms with Crippen LogP contribution < -0.4 is 15.0 Å². The first-order valence-corrected chi connectivity index (χ1v) is 15.9. The second-order valence-corrected chi connectivity index (χ2v) is 11.9. The number of thiazole rings is 1. The predicted molar refractivity (Wildman–Crippen MR) is 155 cm³/mol. The molecule has 2 N–H and O–H groups in total. The highest BCUT2D eigenvalue weighted by Crippen LogP contribution is 2.29. The van der Waals surface area contributed by atoms with Crippen LogP contribution in [0.2, 0.25) is 0 Å². The number of rotatable bonds is 10. The van der Waals surface area contributed by atoms with E-state index in [9.17, 15) is 31.5 Å². The van der Waals surface area contributed by atoms with Crippen LogP contribution >= 0.6 is 11.3 Å². The number of hydrogen-bond acceptors (Lipinski definition) is 8. The average Bonchev–Trinajstić information content (AvgIpc) is 3.46. The number of alkyl halides is 3. The second kappa shape index (κ2) is 14.8. The number of halogens is 3. The lowest BCUT2D eigenvalue weighted by Crippen LogP contribution is -2.60. The first-order chi connectivity index (χ1) is 20.0. The van der Waals surface area contributed by atoms with Crippen LogP contribution in [0.5, 0.6) is 5.75 Å². The molecular weight excluding hydrogens is 593 g/mol. The minimum Gasteiger partial charge on any atom is -0.406 e. The zero-order valence-electron chi connectivity index (χ0n) is 23.6. The van der Waals surface area contributed by atoms with Crippen molar-refractivity contribution in [1.82, 2.24) is 14.6 Å². The van der Waals surface area contributed by atoms with E-state index in [0.29, 0.717) is 10.8 Å². The molecule has 1 amide bonds. The molecule has 1 fully saturated rings. The number of anilines is 1. The van der Waals surface area contributed by atoms with Gasteiger partial charge in [-0.1, -0.05) is 51.5 Å². The monoisotopic (exact) mass is 628 g/mol. The molecule has 42 heavy (non-hydrogen) atoms. The molecule has 230 valence electrons. The Kier molecular flexibility index (Phi) is 11.7. The fraction of sp³-hybridized carbons (Fsp3) is 0.429. The number of aliphatic hydroxyl groups excluding tert-OH is 1. The lowest BCUT2D eigenvalue weighted by molar-refractivity contribution is -0.274. The minimum atomic E-state index is -4.91. The number of nitrogens with one attached hydrogen (secondary N) is 1. The summed E-state index contributed by atoms with van der Waals surface area (Å²) in [5, 5.41) is 14.4. The van der Waals surface area contributed by atoms with Gasteiger partial charge in [0.05, 0.1) is 17.2 Å². The molecule has 2 aromatic carbocycles. The molecule has 14 heteroatoms. The number of benzene rings is 2. The molecule has 1 atom stereocenters. The number of carbonyl (C=O) groups is 1. The highest BCUT2D eigenvalue weighted by atomic mass is 32.2. The highest BCUT2D eigenvalue weighted by molar-refractivity contribution is 7.89. The summed E-state index contributed by atoms with van der Waals surface area (Å²) in [6.45, 7) is 6.16. The Morgan fingerprint density at radius 1 is 1.10 bits per heavy atom. The van der Waals surface area contributed by atoms with Gasteiger partial charge in [0.15, 0.2) is 5.13 Å². The smallest absolute Gasteiger partial charge is 0.406 e. The van der Waals surface area contributed by atoms with E-state index in [0.717, 1.165) is 47.0 Å². The van der Waals surface area contributed by atoms with Crippen molar-refractivity contribution in [2.24, 2.45) is 0 Å². The Morgan fingerprint density at radius 2 is 1.74 bits per heavy atom. The lowest BCUT2D eigenvalue weighted by atomic mass is 10.1. The van der Waals surface area contributed by atoms with Gasteiger partial charge >= 0.3 is 6.36 Å². The number of aromatic nitrogens is 1. The molecule has 1 saturated heterocycles. The van der Waals surface area contributed by atoms with E-state index < -0.39 is 34.1 Å². The van der Waals surface area contributed by atoms with Crippen LogP contribution in [0, 0.1) is 0 Å². The van der Waals surface area contributed by atoms with Gasteiger partial charge in [0.2, 0.25) is 15.9 Å². The molecule has 3 aromatic rings. The van der Waals surface area contributed by atoms with E-state index in [1.807, 2.05) is 38.1 Å². The van der Waals surface area contributed by atoms with Gasteiger partial charge in [0, 0.05) is 31.6 Å². The van der Waals surface area contributed by atoms with E-state index in [4.69, 9.17) is 0 Å². The number of amides is 1. The molecule has 0 bridgehead atoms. The molecule has 0 aliphatic carbocycles. The third-order valence-electron chi connectivity index (χ3n) is 6.30. The maximum absolute atomic E-state index is 13.6. The van der Waals surface area contributed by atoms with E-state index in [-0.39, 0.29) is 37.7 Å². The van der Waals surface area contributed by atoms with Crippen LogP contribution in [0.25, 0.3) is 0 Å². The Hall–Kier alpha value is -3.20. The topological polar surface area (TPSA) is 112 Å². The number of sulfonamides is 1. The largest absolute Gasteiger partial charge is 0.573 e. The molecule has 0 saturated carbocycles. The summed E-state index contributed by atoms with van der Waals surface area (Å²) >= 11 is 1.27. The van der Waals surface area contributed by atoms with Gasteiger partial charge in [0.25, 0.3) is 0 Å². The molecule has 9 nitrogen and oxygen atoms in total. The maximum Gasteiger partial charge on any atom is 0.573 e. The molecular formula is C28H35F3N4O5S2. The normalized spacial score (nSPS) is 16.0. The Morgan fingerprint density at radius 3 is 2.31 bits per heavy atom. The number of hydrogen-bond donors (Lipinski definition) is 2. The van der Waals surface area contributed by atoms with Crippen LogP contribution in [0.1, 0.15) is 44.0 Å². The fourth-order valence-electron chi connectivity index (χ4n) is 4.32. The predicted octanol–water partition coefficient (Wildman–Crippen LogP) is 4.71. The van der Waals surface area contributed by atoms with Crippen molar-refractivity contribution in [3.63, 3.8) is 0 Å². The van der Waals surface area contributed by atoms with Crippen molar-refractivity contribution in [2.75, 3.05) is 24.5 Å². The fourth-order valence-corrected chi connectivity index (χ4v) is 6.75. The molecule has 1 aliphatic rings.